The molecule has 0 saturated carbocycles. The van der Waals surface area contributed by atoms with Crippen molar-refractivity contribution in [1.82, 2.24) is 4.72 Å². The maximum Gasteiger partial charge on any atom is 0.303 e. The van der Waals surface area contributed by atoms with Crippen LogP contribution in [-0.4, -0.2) is 31.3 Å². The van der Waals surface area contributed by atoms with Gasteiger partial charge in [-0.1, -0.05) is 6.92 Å². The molecule has 0 heterocycles. The predicted molar refractivity (Wildman–Crippen MR) is 58.0 cm³/mol. The molecular weight excluding hydrogens is 232 g/mol. The van der Waals surface area contributed by atoms with Crippen molar-refractivity contribution in [3.63, 3.8) is 0 Å². The van der Waals surface area contributed by atoms with E-state index in [1.165, 1.54) is 6.92 Å². The fourth-order valence-electron chi connectivity index (χ4n) is 0.925. The Balaban J connectivity index is 4.06. The third kappa shape index (κ3) is 5.68. The number of hydrogen-bond acceptors (Lipinski definition) is 4. The van der Waals surface area contributed by atoms with E-state index in [1.807, 2.05) is 0 Å². The topological polar surface area (TPSA) is 107 Å². The van der Waals surface area contributed by atoms with Crippen LogP contribution < -0.4 is 4.72 Å². The van der Waals surface area contributed by atoms with Crippen molar-refractivity contribution in [2.45, 2.75) is 31.9 Å². The van der Waals surface area contributed by atoms with Crippen LogP contribution in [0.5, 0.6) is 0 Å². The second-order valence-corrected chi connectivity index (χ2v) is 5.79. The molecule has 0 aromatic rings. The zero-order valence-corrected chi connectivity index (χ0v) is 10.1. The molecule has 0 rings (SSSR count). The molecule has 92 valence electrons. The van der Waals surface area contributed by atoms with E-state index in [0.29, 0.717) is 6.42 Å². The van der Waals surface area contributed by atoms with Crippen LogP contribution in [0.15, 0.2) is 0 Å². The van der Waals surface area contributed by atoms with E-state index in [9.17, 15) is 13.2 Å². The number of rotatable bonds is 7. The van der Waals surface area contributed by atoms with Gasteiger partial charge in [0.1, 0.15) is 0 Å². The van der Waals surface area contributed by atoms with Gasteiger partial charge in [-0.15, -0.1) is 0 Å². The van der Waals surface area contributed by atoms with Crippen molar-refractivity contribution >= 4 is 16.0 Å². The molecule has 0 aliphatic carbocycles. The van der Waals surface area contributed by atoms with Crippen molar-refractivity contribution in [2.75, 3.05) is 6.54 Å². The van der Waals surface area contributed by atoms with E-state index in [4.69, 9.17) is 10.4 Å². The Hall–Kier alpha value is -1.13. The maximum atomic E-state index is 11.4. The van der Waals surface area contributed by atoms with Crippen molar-refractivity contribution < 1.29 is 18.3 Å². The summed E-state index contributed by atoms with van der Waals surface area (Å²) >= 11 is 0. The Morgan fingerprint density at radius 1 is 1.50 bits per heavy atom. The summed E-state index contributed by atoms with van der Waals surface area (Å²) in [6.07, 6.45) is 0.412. The summed E-state index contributed by atoms with van der Waals surface area (Å²) < 4.78 is 25.0. The largest absolute Gasteiger partial charge is 0.481 e. The molecule has 2 unspecified atom stereocenters. The Labute approximate surface area is 95.3 Å². The minimum absolute atomic E-state index is 0.0106. The van der Waals surface area contributed by atoms with Crippen molar-refractivity contribution in [3.05, 3.63) is 0 Å². The highest BCUT2D eigenvalue weighted by Crippen LogP contribution is 2.05. The average molecular weight is 248 g/mol. The van der Waals surface area contributed by atoms with Crippen LogP contribution in [0, 0.1) is 17.2 Å². The number of carboxylic acid groups (broad SMARTS) is 1. The molecular formula is C9H16N2O4S. The van der Waals surface area contributed by atoms with Gasteiger partial charge in [0.2, 0.25) is 10.0 Å². The second kappa shape index (κ2) is 6.45. The Bertz CT molecular complexity index is 371. The highest BCUT2D eigenvalue weighted by molar-refractivity contribution is 7.90. The first kappa shape index (κ1) is 14.9. The smallest absolute Gasteiger partial charge is 0.303 e. The van der Waals surface area contributed by atoms with Gasteiger partial charge in [0.05, 0.1) is 6.07 Å². The number of carboxylic acids is 1. The van der Waals surface area contributed by atoms with Gasteiger partial charge in [0, 0.05) is 13.0 Å². The maximum absolute atomic E-state index is 11.4. The van der Waals surface area contributed by atoms with Crippen LogP contribution in [0.1, 0.15) is 26.7 Å². The van der Waals surface area contributed by atoms with E-state index in [1.54, 1.807) is 13.0 Å². The normalized spacial score (nSPS) is 15.1. The highest BCUT2D eigenvalue weighted by Gasteiger charge is 2.20. The summed E-state index contributed by atoms with van der Waals surface area (Å²) in [4.78, 5) is 10.3. The molecule has 0 aromatic heterocycles. The van der Waals surface area contributed by atoms with Gasteiger partial charge < -0.3 is 5.11 Å². The summed E-state index contributed by atoms with van der Waals surface area (Å²) in [6, 6.07) is 1.63. The lowest BCUT2D eigenvalue weighted by Gasteiger charge is -2.12. The number of carbonyl (C=O) groups is 1. The van der Waals surface area contributed by atoms with Gasteiger partial charge in [-0.2, -0.15) is 5.26 Å². The Morgan fingerprint density at radius 2 is 2.06 bits per heavy atom. The number of nitriles is 1. The molecule has 0 fully saturated rings. The molecule has 0 spiro atoms. The van der Waals surface area contributed by atoms with Crippen LogP contribution in [0.25, 0.3) is 0 Å². The molecule has 0 aromatic carbocycles. The zero-order chi connectivity index (χ0) is 12.8. The van der Waals surface area contributed by atoms with Crippen LogP contribution in [0.2, 0.25) is 0 Å². The number of nitrogens with one attached hydrogen (secondary N) is 1. The molecule has 0 amide bonds. The van der Waals surface area contributed by atoms with Gasteiger partial charge >= 0.3 is 5.97 Å². The SMILES string of the molecule is CC(CCC(=O)O)CNS(=O)(=O)C(C)C#N. The molecule has 2 N–H and O–H groups in total. The minimum Gasteiger partial charge on any atom is -0.481 e. The molecule has 0 aliphatic heterocycles. The highest BCUT2D eigenvalue weighted by atomic mass is 32.2. The molecule has 6 nitrogen and oxygen atoms in total. The summed E-state index contributed by atoms with van der Waals surface area (Å²) in [6.45, 7) is 3.20. The van der Waals surface area contributed by atoms with E-state index in [-0.39, 0.29) is 18.9 Å². The number of aliphatic carboxylic acids is 1. The summed E-state index contributed by atoms with van der Waals surface area (Å²) in [5.41, 5.74) is 0. The molecule has 0 aliphatic rings. The van der Waals surface area contributed by atoms with Crippen LogP contribution >= 0.6 is 0 Å². The molecule has 0 saturated heterocycles. The number of sulfonamides is 1. The zero-order valence-electron chi connectivity index (χ0n) is 9.30. The van der Waals surface area contributed by atoms with Crippen molar-refractivity contribution in [2.24, 2.45) is 5.92 Å². The molecule has 2 atom stereocenters. The Kier molecular flexibility index (Phi) is 6.00. The van der Waals surface area contributed by atoms with Gasteiger partial charge in [-0.3, -0.25) is 4.79 Å². The minimum atomic E-state index is -3.60. The van der Waals surface area contributed by atoms with E-state index < -0.39 is 21.2 Å². The lowest BCUT2D eigenvalue weighted by molar-refractivity contribution is -0.137. The van der Waals surface area contributed by atoms with Crippen molar-refractivity contribution in [1.29, 1.82) is 5.26 Å². The summed E-state index contributed by atoms with van der Waals surface area (Å²) in [5, 5.41) is 15.8. The number of nitrogens with zero attached hydrogens (tertiary/aromatic N) is 1. The van der Waals surface area contributed by atoms with Crippen molar-refractivity contribution in [3.8, 4) is 6.07 Å². The lowest BCUT2D eigenvalue weighted by atomic mass is 10.1. The van der Waals surface area contributed by atoms with Crippen LogP contribution in [0.3, 0.4) is 0 Å². The first-order valence-corrected chi connectivity index (χ1v) is 6.44. The predicted octanol–water partition coefficient (Wildman–Crippen LogP) is 0.319. The first-order chi connectivity index (χ1) is 7.29. The number of hydrogen-bond donors (Lipinski definition) is 2. The summed E-state index contributed by atoms with van der Waals surface area (Å²) in [7, 11) is -3.60. The van der Waals surface area contributed by atoms with E-state index in [0.717, 1.165) is 0 Å². The van der Waals surface area contributed by atoms with Gasteiger partial charge in [0.25, 0.3) is 0 Å². The van der Waals surface area contributed by atoms with Crippen LogP contribution in [0.4, 0.5) is 0 Å². The summed E-state index contributed by atoms with van der Waals surface area (Å²) in [5.74, 6) is -0.975. The van der Waals surface area contributed by atoms with Gasteiger partial charge in [-0.05, 0) is 19.3 Å². The van der Waals surface area contributed by atoms with E-state index >= 15 is 0 Å². The molecule has 0 bridgehead atoms. The monoisotopic (exact) mass is 248 g/mol. The van der Waals surface area contributed by atoms with Gasteiger partial charge in [-0.25, -0.2) is 13.1 Å². The molecule has 16 heavy (non-hydrogen) atoms. The Morgan fingerprint density at radius 3 is 2.50 bits per heavy atom. The van der Waals surface area contributed by atoms with Gasteiger partial charge in [0.15, 0.2) is 5.25 Å². The van der Waals surface area contributed by atoms with Crippen LogP contribution in [-0.2, 0) is 14.8 Å². The quantitative estimate of drug-likeness (QED) is 0.674. The third-order valence-electron chi connectivity index (χ3n) is 2.13. The average Bonchev–Trinajstić information content (AvgIpc) is 2.22. The lowest BCUT2D eigenvalue weighted by Crippen LogP contribution is -2.34. The fraction of sp³-hybridized carbons (Fsp3) is 0.778. The first-order valence-electron chi connectivity index (χ1n) is 4.89. The molecule has 0 radical (unpaired) electrons. The van der Waals surface area contributed by atoms with E-state index in [2.05, 4.69) is 4.72 Å². The molecule has 7 heteroatoms. The fourth-order valence-corrected chi connectivity index (χ4v) is 1.83. The third-order valence-corrected chi connectivity index (χ3v) is 3.74. The second-order valence-electron chi connectivity index (χ2n) is 3.70. The standard InChI is InChI=1S/C9H16N2O4S/c1-7(3-4-9(12)13)6-11-16(14,15)8(2)5-10/h7-8,11H,3-4,6H2,1-2H3,(H,12,13).